The van der Waals surface area contributed by atoms with Crippen molar-refractivity contribution >= 4 is 0 Å². The summed E-state index contributed by atoms with van der Waals surface area (Å²) in [6.45, 7) is 8.00. The van der Waals surface area contributed by atoms with E-state index in [9.17, 15) is 10.2 Å². The topological polar surface area (TPSA) is 52.9 Å². The number of rotatable bonds is 8. The molecule has 1 aliphatic heterocycles. The van der Waals surface area contributed by atoms with Gasteiger partial charge in [0.15, 0.2) is 0 Å². The number of phenolic OH excluding ortho intramolecular Hbond substituents is 1. The van der Waals surface area contributed by atoms with E-state index in [-0.39, 0.29) is 11.5 Å². The van der Waals surface area contributed by atoms with E-state index in [4.69, 9.17) is 4.74 Å². The van der Waals surface area contributed by atoms with E-state index < -0.39 is 0 Å². The van der Waals surface area contributed by atoms with Gasteiger partial charge in [-0.05, 0) is 121 Å². The van der Waals surface area contributed by atoms with E-state index in [1.54, 1.807) is 0 Å². The Morgan fingerprint density at radius 3 is 2.50 bits per heavy atom. The first-order valence-corrected chi connectivity index (χ1v) is 14.4. The van der Waals surface area contributed by atoms with Crippen LogP contribution in [0.15, 0.2) is 42.5 Å². The number of phenols is 1. The summed E-state index contributed by atoms with van der Waals surface area (Å²) in [5.74, 6) is 3.53. The molecule has 36 heavy (non-hydrogen) atoms. The largest absolute Gasteiger partial charge is 0.508 e. The van der Waals surface area contributed by atoms with Gasteiger partial charge < -0.3 is 14.9 Å². The molecule has 5 unspecified atom stereocenters. The average Bonchev–Trinajstić information content (AvgIpc) is 3.64. The van der Waals surface area contributed by atoms with Crippen LogP contribution in [0.2, 0.25) is 0 Å². The second-order valence-corrected chi connectivity index (χ2v) is 12.7. The van der Waals surface area contributed by atoms with Crippen molar-refractivity contribution in [1.82, 2.24) is 4.90 Å². The molecule has 2 saturated carbocycles. The van der Waals surface area contributed by atoms with Crippen molar-refractivity contribution in [2.75, 3.05) is 19.6 Å². The zero-order valence-corrected chi connectivity index (χ0v) is 22.0. The van der Waals surface area contributed by atoms with Crippen LogP contribution in [0.5, 0.6) is 11.5 Å². The molecule has 4 aliphatic rings. The molecule has 0 spiro atoms. The number of hydrogen-bond acceptors (Lipinski definition) is 4. The summed E-state index contributed by atoms with van der Waals surface area (Å²) in [6, 6.07) is 14.9. The molecular formula is C32H43NO3. The second-order valence-electron chi connectivity index (χ2n) is 12.7. The lowest BCUT2D eigenvalue weighted by Gasteiger charge is -2.41. The number of ether oxygens (including phenoxy) is 1. The molecule has 3 fully saturated rings. The first-order valence-electron chi connectivity index (χ1n) is 14.4. The van der Waals surface area contributed by atoms with Gasteiger partial charge >= 0.3 is 0 Å². The highest BCUT2D eigenvalue weighted by Crippen LogP contribution is 2.54. The lowest BCUT2D eigenvalue weighted by atomic mass is 9.64. The van der Waals surface area contributed by atoms with Gasteiger partial charge in [0.2, 0.25) is 0 Å². The van der Waals surface area contributed by atoms with Crippen LogP contribution in [0, 0.1) is 17.3 Å². The fourth-order valence-electron chi connectivity index (χ4n) is 7.35. The molecule has 4 nitrogen and oxygen atoms in total. The Morgan fingerprint density at radius 2 is 1.81 bits per heavy atom. The van der Waals surface area contributed by atoms with Gasteiger partial charge in [0, 0.05) is 19.6 Å². The molecule has 2 aromatic rings. The molecule has 3 aliphatic carbocycles. The Kier molecular flexibility index (Phi) is 6.54. The van der Waals surface area contributed by atoms with E-state index in [2.05, 4.69) is 49.1 Å². The second kappa shape index (κ2) is 9.68. The molecule has 0 bridgehead atoms. The first-order chi connectivity index (χ1) is 17.4. The number of aromatic hydroxyl groups is 1. The van der Waals surface area contributed by atoms with Crippen LogP contribution < -0.4 is 4.74 Å². The zero-order valence-electron chi connectivity index (χ0n) is 22.0. The van der Waals surface area contributed by atoms with Crippen molar-refractivity contribution in [2.45, 2.75) is 89.3 Å². The number of hydrogen-bond donors (Lipinski definition) is 2. The number of aryl methyl sites for hydroxylation is 1. The van der Waals surface area contributed by atoms with Crippen molar-refractivity contribution in [3.8, 4) is 11.5 Å². The number of aliphatic hydroxyl groups is 1. The molecule has 2 N–H and O–H groups in total. The van der Waals surface area contributed by atoms with Gasteiger partial charge in [0.25, 0.3) is 0 Å². The molecule has 0 amide bonds. The fourth-order valence-corrected chi connectivity index (χ4v) is 7.35. The van der Waals surface area contributed by atoms with Crippen molar-refractivity contribution in [2.24, 2.45) is 17.3 Å². The smallest absolute Gasteiger partial charge is 0.124 e. The monoisotopic (exact) mass is 489 g/mol. The Hall–Kier alpha value is -2.04. The molecular weight excluding hydrogens is 446 g/mol. The van der Waals surface area contributed by atoms with E-state index in [0.717, 1.165) is 63.3 Å². The van der Waals surface area contributed by atoms with Crippen LogP contribution in [0.3, 0.4) is 0 Å². The van der Waals surface area contributed by atoms with E-state index >= 15 is 0 Å². The lowest BCUT2D eigenvalue weighted by Crippen LogP contribution is -2.54. The summed E-state index contributed by atoms with van der Waals surface area (Å²) < 4.78 is 6.31. The summed E-state index contributed by atoms with van der Waals surface area (Å²) in [6.07, 6.45) is 9.23. The molecule has 4 heteroatoms. The van der Waals surface area contributed by atoms with Crippen molar-refractivity contribution in [3.63, 3.8) is 0 Å². The van der Waals surface area contributed by atoms with Gasteiger partial charge in [0.05, 0.1) is 6.10 Å². The number of nitrogens with zero attached hydrogens (tertiary/aromatic N) is 1. The van der Waals surface area contributed by atoms with Crippen LogP contribution in [0.25, 0.3) is 0 Å². The van der Waals surface area contributed by atoms with E-state index in [1.165, 1.54) is 36.1 Å². The molecule has 5 atom stereocenters. The van der Waals surface area contributed by atoms with Crippen LogP contribution in [0.4, 0.5) is 0 Å². The lowest BCUT2D eigenvalue weighted by molar-refractivity contribution is 0.0171. The molecule has 0 radical (unpaired) electrons. The van der Waals surface area contributed by atoms with Gasteiger partial charge in [-0.1, -0.05) is 32.0 Å². The average molecular weight is 490 g/mol. The summed E-state index contributed by atoms with van der Waals surface area (Å²) in [5, 5.41) is 21.2. The first kappa shape index (κ1) is 24.3. The van der Waals surface area contributed by atoms with Crippen LogP contribution in [-0.4, -0.2) is 47.0 Å². The third kappa shape index (κ3) is 4.79. The molecule has 6 rings (SSSR count). The maximum absolute atomic E-state index is 11.0. The predicted molar refractivity (Wildman–Crippen MR) is 144 cm³/mol. The Bertz CT molecular complexity index is 1050. The molecule has 0 aromatic heterocycles. The Balaban J connectivity index is 1.23. The van der Waals surface area contributed by atoms with Crippen LogP contribution >= 0.6 is 0 Å². The summed E-state index contributed by atoms with van der Waals surface area (Å²) in [7, 11) is 0. The standard InChI is InChI=1S/C32H43NO3/c1-21-6-15-31(35)32(21,2)17-30(29-5-3-4-24-16-25(34)11-14-28(24)29)23-9-12-26(13-10-23)36-27-19-33(20-27)18-22-7-8-22/h9-14,16,21-22,27,29-31,34-35H,3-8,15,17-20H2,1-2H3. The SMILES string of the molecule is CC1CCC(O)C1(C)CC(c1ccc(OC2CN(CC3CC3)C2)cc1)C1CCCc2cc(O)ccc21. The van der Waals surface area contributed by atoms with Gasteiger partial charge in [0.1, 0.15) is 17.6 Å². The highest BCUT2D eigenvalue weighted by atomic mass is 16.5. The number of likely N-dealkylation sites (tertiary alicyclic amines) is 1. The Labute approximate surface area is 216 Å². The van der Waals surface area contributed by atoms with Gasteiger partial charge in [-0.3, -0.25) is 4.90 Å². The summed E-state index contributed by atoms with van der Waals surface area (Å²) in [5.41, 5.74) is 3.95. The highest BCUT2D eigenvalue weighted by molar-refractivity contribution is 5.42. The van der Waals surface area contributed by atoms with Gasteiger partial charge in [-0.15, -0.1) is 0 Å². The maximum atomic E-state index is 11.0. The molecule has 2 aromatic carbocycles. The summed E-state index contributed by atoms with van der Waals surface area (Å²) in [4.78, 5) is 2.53. The minimum absolute atomic E-state index is 0.0781. The third-order valence-electron chi connectivity index (χ3n) is 10.1. The van der Waals surface area contributed by atoms with Gasteiger partial charge in [-0.2, -0.15) is 0 Å². The number of fused-ring (bicyclic) bond motifs is 1. The molecule has 1 heterocycles. The van der Waals surface area contributed by atoms with Crippen molar-refractivity contribution < 1.29 is 14.9 Å². The number of benzene rings is 2. The Morgan fingerprint density at radius 1 is 1.03 bits per heavy atom. The van der Waals surface area contributed by atoms with E-state index in [0.29, 0.717) is 29.6 Å². The predicted octanol–water partition coefficient (Wildman–Crippen LogP) is 6.26. The van der Waals surface area contributed by atoms with Crippen molar-refractivity contribution in [3.05, 3.63) is 59.2 Å². The highest BCUT2D eigenvalue weighted by Gasteiger charge is 2.46. The van der Waals surface area contributed by atoms with Crippen molar-refractivity contribution in [1.29, 1.82) is 0 Å². The minimum atomic E-state index is -0.238. The maximum Gasteiger partial charge on any atom is 0.124 e. The zero-order chi connectivity index (χ0) is 24.9. The van der Waals surface area contributed by atoms with Crippen LogP contribution in [-0.2, 0) is 6.42 Å². The number of aliphatic hydroxyl groups excluding tert-OH is 1. The van der Waals surface area contributed by atoms with Gasteiger partial charge in [-0.25, -0.2) is 0 Å². The van der Waals surface area contributed by atoms with Crippen LogP contribution in [0.1, 0.15) is 87.3 Å². The molecule has 194 valence electrons. The fraction of sp³-hybridized carbons (Fsp3) is 0.625. The minimum Gasteiger partial charge on any atom is -0.508 e. The quantitative estimate of drug-likeness (QED) is 0.460. The van der Waals surface area contributed by atoms with E-state index in [1.807, 2.05) is 12.1 Å². The normalized spacial score (nSPS) is 31.6. The molecule has 1 saturated heterocycles. The summed E-state index contributed by atoms with van der Waals surface area (Å²) >= 11 is 0. The third-order valence-corrected chi connectivity index (χ3v) is 10.1.